The van der Waals surface area contributed by atoms with Gasteiger partial charge in [-0.1, -0.05) is 17.3 Å². The number of aromatic carboxylic acids is 1. The van der Waals surface area contributed by atoms with E-state index >= 15 is 0 Å². The van der Waals surface area contributed by atoms with Crippen molar-refractivity contribution in [2.45, 2.75) is 6.92 Å². The SMILES string of the molecule is Cc1cccc2onc(C(=O)O)c12. The van der Waals surface area contributed by atoms with E-state index in [-0.39, 0.29) is 5.69 Å². The quantitative estimate of drug-likeness (QED) is 0.721. The van der Waals surface area contributed by atoms with Crippen LogP contribution in [0.3, 0.4) is 0 Å². The Bertz CT molecular complexity index is 473. The van der Waals surface area contributed by atoms with E-state index in [4.69, 9.17) is 9.63 Å². The zero-order valence-corrected chi connectivity index (χ0v) is 6.94. The maximum Gasteiger partial charge on any atom is 0.358 e. The molecule has 0 unspecified atom stereocenters. The molecule has 0 spiro atoms. The minimum Gasteiger partial charge on any atom is -0.476 e. The second kappa shape index (κ2) is 2.58. The Morgan fingerprint density at radius 3 is 3.00 bits per heavy atom. The van der Waals surface area contributed by atoms with Gasteiger partial charge in [0, 0.05) is 0 Å². The monoisotopic (exact) mass is 177 g/mol. The molecule has 2 rings (SSSR count). The summed E-state index contributed by atoms with van der Waals surface area (Å²) in [6, 6.07) is 5.32. The summed E-state index contributed by atoms with van der Waals surface area (Å²) in [4.78, 5) is 10.7. The second-order valence-corrected chi connectivity index (χ2v) is 2.78. The van der Waals surface area contributed by atoms with Crippen molar-refractivity contribution in [1.82, 2.24) is 5.16 Å². The van der Waals surface area contributed by atoms with Crippen molar-refractivity contribution in [3.05, 3.63) is 29.5 Å². The third-order valence-corrected chi connectivity index (χ3v) is 1.91. The van der Waals surface area contributed by atoms with Gasteiger partial charge in [0.15, 0.2) is 11.3 Å². The van der Waals surface area contributed by atoms with Crippen molar-refractivity contribution in [3.63, 3.8) is 0 Å². The predicted molar refractivity (Wildman–Crippen MR) is 45.7 cm³/mol. The summed E-state index contributed by atoms with van der Waals surface area (Å²) in [5.41, 5.74) is 1.35. The van der Waals surface area contributed by atoms with Crippen LogP contribution < -0.4 is 0 Å². The molecular formula is C9H7NO3. The van der Waals surface area contributed by atoms with Gasteiger partial charge in [-0.15, -0.1) is 0 Å². The first-order valence-corrected chi connectivity index (χ1v) is 3.78. The molecule has 0 aliphatic carbocycles. The Morgan fingerprint density at radius 2 is 2.31 bits per heavy atom. The fraction of sp³-hybridized carbons (Fsp3) is 0.111. The maximum atomic E-state index is 10.7. The van der Waals surface area contributed by atoms with E-state index < -0.39 is 5.97 Å². The molecule has 0 bridgehead atoms. The molecule has 2 aromatic rings. The lowest BCUT2D eigenvalue weighted by molar-refractivity contribution is 0.0688. The number of aryl methyl sites for hydroxylation is 1. The topological polar surface area (TPSA) is 63.3 Å². The van der Waals surface area contributed by atoms with Gasteiger partial charge in [-0.2, -0.15) is 0 Å². The fourth-order valence-corrected chi connectivity index (χ4v) is 1.31. The summed E-state index contributed by atoms with van der Waals surface area (Å²) in [6.07, 6.45) is 0. The summed E-state index contributed by atoms with van der Waals surface area (Å²) in [5.74, 6) is -1.06. The van der Waals surface area contributed by atoms with E-state index in [1.54, 1.807) is 12.1 Å². The van der Waals surface area contributed by atoms with Gasteiger partial charge in [-0.25, -0.2) is 4.79 Å². The van der Waals surface area contributed by atoms with Crippen molar-refractivity contribution in [3.8, 4) is 0 Å². The number of benzene rings is 1. The number of carbonyl (C=O) groups is 1. The van der Waals surface area contributed by atoms with E-state index in [2.05, 4.69) is 5.16 Å². The first-order chi connectivity index (χ1) is 6.20. The third-order valence-electron chi connectivity index (χ3n) is 1.91. The Morgan fingerprint density at radius 1 is 1.54 bits per heavy atom. The van der Waals surface area contributed by atoms with Crippen LogP contribution in [0, 0.1) is 6.92 Å². The molecule has 66 valence electrons. The lowest BCUT2D eigenvalue weighted by Crippen LogP contribution is -1.97. The van der Waals surface area contributed by atoms with Crippen molar-refractivity contribution in [2.75, 3.05) is 0 Å². The van der Waals surface area contributed by atoms with Crippen LogP contribution in [0.1, 0.15) is 16.1 Å². The van der Waals surface area contributed by atoms with Crippen molar-refractivity contribution < 1.29 is 14.4 Å². The van der Waals surface area contributed by atoms with E-state index in [0.717, 1.165) is 5.56 Å². The molecule has 1 aromatic carbocycles. The van der Waals surface area contributed by atoms with Gasteiger partial charge >= 0.3 is 5.97 Å². The van der Waals surface area contributed by atoms with E-state index in [1.807, 2.05) is 13.0 Å². The highest BCUT2D eigenvalue weighted by Crippen LogP contribution is 2.21. The Labute approximate surface area is 73.8 Å². The van der Waals surface area contributed by atoms with Crippen LogP contribution in [0.15, 0.2) is 22.7 Å². The molecule has 0 fully saturated rings. The minimum absolute atomic E-state index is 0.0203. The number of hydrogen-bond acceptors (Lipinski definition) is 3. The van der Waals surface area contributed by atoms with Gasteiger partial charge in [0.25, 0.3) is 0 Å². The molecule has 1 aromatic heterocycles. The minimum atomic E-state index is -1.06. The largest absolute Gasteiger partial charge is 0.476 e. The van der Waals surface area contributed by atoms with Crippen LogP contribution >= 0.6 is 0 Å². The second-order valence-electron chi connectivity index (χ2n) is 2.78. The average molecular weight is 177 g/mol. The zero-order chi connectivity index (χ0) is 9.42. The molecule has 0 atom stereocenters. The van der Waals surface area contributed by atoms with Crippen molar-refractivity contribution in [1.29, 1.82) is 0 Å². The van der Waals surface area contributed by atoms with Gasteiger partial charge in [0.1, 0.15) is 0 Å². The molecule has 1 N–H and O–H groups in total. The van der Waals surface area contributed by atoms with Crippen LogP contribution in [-0.2, 0) is 0 Å². The van der Waals surface area contributed by atoms with Gasteiger partial charge in [0.2, 0.25) is 0 Å². The number of nitrogens with zero attached hydrogens (tertiary/aromatic N) is 1. The highest BCUT2D eigenvalue weighted by Gasteiger charge is 2.15. The van der Waals surface area contributed by atoms with E-state index in [9.17, 15) is 4.79 Å². The molecule has 4 nitrogen and oxygen atoms in total. The number of aromatic nitrogens is 1. The van der Waals surface area contributed by atoms with Gasteiger partial charge in [-0.05, 0) is 18.6 Å². The summed E-state index contributed by atoms with van der Waals surface area (Å²) < 4.78 is 4.86. The van der Waals surface area contributed by atoms with Crippen molar-refractivity contribution >= 4 is 16.9 Å². The highest BCUT2D eigenvalue weighted by molar-refractivity contribution is 6.01. The van der Waals surface area contributed by atoms with Crippen molar-refractivity contribution in [2.24, 2.45) is 0 Å². The molecule has 13 heavy (non-hydrogen) atoms. The lowest BCUT2D eigenvalue weighted by atomic mass is 10.1. The first-order valence-electron chi connectivity index (χ1n) is 3.78. The molecular weight excluding hydrogens is 170 g/mol. The Kier molecular flexibility index (Phi) is 1.55. The highest BCUT2D eigenvalue weighted by atomic mass is 16.5. The molecule has 1 heterocycles. The number of rotatable bonds is 1. The molecule has 0 saturated carbocycles. The Balaban J connectivity index is 2.86. The van der Waals surface area contributed by atoms with Crippen LogP contribution in [0.25, 0.3) is 11.0 Å². The standard InChI is InChI=1S/C9H7NO3/c1-5-3-2-4-6-7(5)8(9(11)12)10-13-6/h2-4H,1H3,(H,11,12). The average Bonchev–Trinajstić information content (AvgIpc) is 2.49. The number of fused-ring (bicyclic) bond motifs is 1. The molecule has 0 saturated heterocycles. The predicted octanol–water partition coefficient (Wildman–Crippen LogP) is 1.83. The van der Waals surface area contributed by atoms with E-state index in [1.165, 1.54) is 0 Å². The Hall–Kier alpha value is -1.84. The normalized spacial score (nSPS) is 10.5. The lowest BCUT2D eigenvalue weighted by Gasteiger charge is -1.92. The van der Waals surface area contributed by atoms with Gasteiger partial charge in [0.05, 0.1) is 5.39 Å². The first kappa shape index (κ1) is 7.79. The summed E-state index contributed by atoms with van der Waals surface area (Å²) in [7, 11) is 0. The zero-order valence-electron chi connectivity index (χ0n) is 6.94. The molecule has 0 amide bonds. The third kappa shape index (κ3) is 1.07. The fourth-order valence-electron chi connectivity index (χ4n) is 1.31. The smallest absolute Gasteiger partial charge is 0.358 e. The van der Waals surface area contributed by atoms with E-state index in [0.29, 0.717) is 11.0 Å². The van der Waals surface area contributed by atoms with Crippen LogP contribution in [0.4, 0.5) is 0 Å². The molecule has 0 radical (unpaired) electrons. The number of hydrogen-bond donors (Lipinski definition) is 1. The van der Waals surface area contributed by atoms with Crippen LogP contribution in [0.2, 0.25) is 0 Å². The summed E-state index contributed by atoms with van der Waals surface area (Å²) in [6.45, 7) is 1.83. The summed E-state index contributed by atoms with van der Waals surface area (Å²) in [5, 5.41) is 12.8. The van der Waals surface area contributed by atoms with Crippen LogP contribution in [0.5, 0.6) is 0 Å². The molecule has 4 heteroatoms. The maximum absolute atomic E-state index is 10.7. The summed E-state index contributed by atoms with van der Waals surface area (Å²) >= 11 is 0. The van der Waals surface area contributed by atoms with Crippen LogP contribution in [-0.4, -0.2) is 16.2 Å². The van der Waals surface area contributed by atoms with Gasteiger partial charge in [-0.3, -0.25) is 0 Å². The number of carboxylic acids is 1. The molecule has 0 aliphatic heterocycles. The molecule has 0 aliphatic rings. The van der Waals surface area contributed by atoms with Gasteiger partial charge < -0.3 is 9.63 Å². The number of carboxylic acid groups (broad SMARTS) is 1.